The largest absolute Gasteiger partial charge is 0.493 e. The number of piperidine rings is 1. The molecule has 0 radical (unpaired) electrons. The normalized spacial score (nSPS) is 19.4. The Hall–Kier alpha value is -4.86. The number of rotatable bonds is 11. The summed E-state index contributed by atoms with van der Waals surface area (Å²) in [5, 5.41) is 0.971. The van der Waals surface area contributed by atoms with Gasteiger partial charge in [-0.05, 0) is 90.1 Å². The third-order valence-corrected chi connectivity index (χ3v) is 12.1. The molecule has 276 valence electrons. The Morgan fingerprint density at radius 1 is 0.906 bits per heavy atom. The fraction of sp³-hybridized carbons (Fsp3) is 0.409. The highest BCUT2D eigenvalue weighted by atomic mass is 16.5. The van der Waals surface area contributed by atoms with Crippen LogP contribution in [0, 0.1) is 5.41 Å². The minimum absolute atomic E-state index is 0.354. The molecule has 1 saturated carbocycles. The average Bonchev–Trinajstić information content (AvgIpc) is 3.65. The first kappa shape index (κ1) is 35.2. The molecule has 3 fully saturated rings. The van der Waals surface area contributed by atoms with Gasteiger partial charge >= 0.3 is 0 Å². The van der Waals surface area contributed by atoms with Gasteiger partial charge in [-0.25, -0.2) is 4.98 Å². The Bertz CT molecular complexity index is 2060. The molecule has 53 heavy (non-hydrogen) atoms. The summed E-state index contributed by atoms with van der Waals surface area (Å²) in [7, 11) is 3.39. The van der Waals surface area contributed by atoms with Crippen molar-refractivity contribution in [1.29, 1.82) is 0 Å². The van der Waals surface area contributed by atoms with Crippen molar-refractivity contribution in [3.63, 3.8) is 0 Å². The third kappa shape index (κ3) is 7.12. The van der Waals surface area contributed by atoms with Crippen LogP contribution in [-0.2, 0) is 6.54 Å². The number of benzene rings is 3. The van der Waals surface area contributed by atoms with E-state index >= 15 is 0 Å². The molecule has 2 aliphatic heterocycles. The molecule has 8 rings (SSSR count). The van der Waals surface area contributed by atoms with Crippen LogP contribution in [0.1, 0.15) is 78.5 Å². The van der Waals surface area contributed by atoms with Gasteiger partial charge in [0.2, 0.25) is 0 Å². The van der Waals surface area contributed by atoms with Gasteiger partial charge in [0.05, 0.1) is 26.0 Å². The van der Waals surface area contributed by atoms with E-state index in [9.17, 15) is 4.79 Å². The molecule has 2 aromatic heterocycles. The summed E-state index contributed by atoms with van der Waals surface area (Å²) >= 11 is 0. The van der Waals surface area contributed by atoms with E-state index in [1.807, 2.05) is 36.5 Å². The lowest BCUT2D eigenvalue weighted by molar-refractivity contribution is -0.0628. The van der Waals surface area contributed by atoms with Gasteiger partial charge in [-0.3, -0.25) is 14.6 Å². The summed E-state index contributed by atoms with van der Waals surface area (Å²) in [5.74, 6) is 3.20. The predicted octanol–water partition coefficient (Wildman–Crippen LogP) is 8.62. The lowest BCUT2D eigenvalue weighted by Crippen LogP contribution is -2.60. The zero-order chi connectivity index (χ0) is 36.5. The molecule has 2 saturated heterocycles. The van der Waals surface area contributed by atoms with Crippen LogP contribution >= 0.6 is 0 Å². The maximum atomic E-state index is 12.0. The molecular formula is C44H51N5O4. The number of aldehydes is 1. The number of ether oxygens (including phenoxy) is 3. The summed E-state index contributed by atoms with van der Waals surface area (Å²) < 4.78 is 17.4. The van der Waals surface area contributed by atoms with Crippen LogP contribution in [0.4, 0.5) is 5.69 Å². The second-order valence-corrected chi connectivity index (χ2v) is 15.5. The minimum Gasteiger partial charge on any atom is -0.493 e. The maximum absolute atomic E-state index is 12.0. The van der Waals surface area contributed by atoms with Gasteiger partial charge in [0.25, 0.3) is 0 Å². The standard InChI is InChI=1S/C44H51N5O4/c1-30(2)37-7-5-6-8-38(37)39-28-47(27-31-9-12-40(51-3)42(21-31)52-4)19-20-49(39)35-24-44(25-35)14-17-48(18-15-44)34-11-10-33(29-50)41(23-34)53-36-22-32-13-16-45-43(32)46-26-36/h5-13,16,21-23,26,29-30,35,39H,14-15,17-20,24-25,27-28H2,1-4H3,(H,45,46)/t39-/m1/s1. The number of aromatic amines is 1. The van der Waals surface area contributed by atoms with Gasteiger partial charge in [0.1, 0.15) is 17.1 Å². The van der Waals surface area contributed by atoms with E-state index in [0.29, 0.717) is 40.5 Å². The van der Waals surface area contributed by atoms with Crippen molar-refractivity contribution in [3.05, 3.63) is 107 Å². The van der Waals surface area contributed by atoms with Crippen LogP contribution in [0.2, 0.25) is 0 Å². The fourth-order valence-corrected chi connectivity index (χ4v) is 9.12. The SMILES string of the molecule is COc1ccc(CN2CCN(C3CC4(CCN(c5ccc(C=O)c(Oc6cnc7[nH]ccc7c6)c5)CC4)C3)[C@@H](c3ccccc3C(C)C)C2)cc1OC. The number of carbonyl (C=O) groups excluding carboxylic acids is 1. The number of nitrogens with zero attached hydrogens (tertiary/aromatic N) is 4. The van der Waals surface area contributed by atoms with Crippen LogP contribution in [0.15, 0.2) is 85.2 Å². The molecular weight excluding hydrogens is 663 g/mol. The quantitative estimate of drug-likeness (QED) is 0.136. The molecule has 1 spiro atoms. The molecule has 9 heteroatoms. The van der Waals surface area contributed by atoms with E-state index in [1.54, 1.807) is 20.4 Å². The molecule has 1 N–H and O–H groups in total. The van der Waals surface area contributed by atoms with Crippen molar-refractivity contribution < 1.29 is 19.0 Å². The van der Waals surface area contributed by atoms with E-state index in [1.165, 1.54) is 42.4 Å². The van der Waals surface area contributed by atoms with Crippen molar-refractivity contribution in [1.82, 2.24) is 19.8 Å². The third-order valence-electron chi connectivity index (χ3n) is 12.1. The zero-order valence-electron chi connectivity index (χ0n) is 31.4. The summed E-state index contributed by atoms with van der Waals surface area (Å²) in [6, 6.07) is 26.2. The van der Waals surface area contributed by atoms with Crippen LogP contribution in [-0.4, -0.2) is 79.0 Å². The first-order valence-corrected chi connectivity index (χ1v) is 19.1. The number of hydrogen-bond acceptors (Lipinski definition) is 8. The fourth-order valence-electron chi connectivity index (χ4n) is 9.12. The summed E-state index contributed by atoms with van der Waals surface area (Å²) in [6.07, 6.45) is 9.28. The van der Waals surface area contributed by atoms with E-state index in [2.05, 4.69) is 81.0 Å². The first-order valence-electron chi connectivity index (χ1n) is 19.1. The van der Waals surface area contributed by atoms with Crippen LogP contribution in [0.3, 0.4) is 0 Å². The van der Waals surface area contributed by atoms with Crippen molar-refractivity contribution in [2.75, 3.05) is 51.8 Å². The van der Waals surface area contributed by atoms with Crippen molar-refractivity contribution in [3.8, 4) is 23.0 Å². The van der Waals surface area contributed by atoms with Gasteiger partial charge in [-0.1, -0.05) is 44.2 Å². The van der Waals surface area contributed by atoms with E-state index < -0.39 is 0 Å². The molecule has 1 atom stereocenters. The molecule has 3 aliphatic rings. The number of fused-ring (bicyclic) bond motifs is 1. The van der Waals surface area contributed by atoms with E-state index in [4.69, 9.17) is 14.2 Å². The number of anilines is 1. The van der Waals surface area contributed by atoms with Gasteiger partial charge in [0.15, 0.2) is 17.8 Å². The Labute approximate surface area is 312 Å². The van der Waals surface area contributed by atoms with Gasteiger partial charge in [-0.2, -0.15) is 0 Å². The number of carbonyl (C=O) groups is 1. The topological polar surface area (TPSA) is 83.2 Å². The first-order chi connectivity index (χ1) is 25.8. The molecule has 0 unspecified atom stereocenters. The monoisotopic (exact) mass is 713 g/mol. The lowest BCUT2D eigenvalue weighted by atomic mass is 9.59. The molecule has 1 aliphatic carbocycles. The molecule has 3 aromatic carbocycles. The van der Waals surface area contributed by atoms with E-state index in [0.717, 1.165) is 73.8 Å². The van der Waals surface area contributed by atoms with E-state index in [-0.39, 0.29) is 0 Å². The number of aromatic nitrogens is 2. The molecule has 5 aromatic rings. The minimum atomic E-state index is 0.354. The van der Waals surface area contributed by atoms with Crippen LogP contribution < -0.4 is 19.1 Å². The second kappa shape index (κ2) is 14.9. The van der Waals surface area contributed by atoms with Gasteiger partial charge in [0, 0.05) is 74.7 Å². The highest BCUT2D eigenvalue weighted by Crippen LogP contribution is 2.53. The number of methoxy groups -OCH3 is 2. The predicted molar refractivity (Wildman–Crippen MR) is 210 cm³/mol. The molecule has 4 heterocycles. The van der Waals surface area contributed by atoms with Crippen LogP contribution in [0.5, 0.6) is 23.0 Å². The Morgan fingerprint density at radius 2 is 1.72 bits per heavy atom. The van der Waals surface area contributed by atoms with Crippen molar-refractivity contribution >= 4 is 23.0 Å². The summed E-state index contributed by atoms with van der Waals surface area (Å²) in [5.41, 5.74) is 7.03. The second-order valence-electron chi connectivity index (χ2n) is 15.5. The Kier molecular flexibility index (Phi) is 9.87. The summed E-state index contributed by atoms with van der Waals surface area (Å²) in [4.78, 5) is 27.4. The number of H-pyrrole nitrogens is 1. The summed E-state index contributed by atoms with van der Waals surface area (Å²) in [6.45, 7) is 10.6. The number of nitrogens with one attached hydrogen (secondary N) is 1. The van der Waals surface area contributed by atoms with Crippen molar-refractivity contribution in [2.24, 2.45) is 5.41 Å². The molecule has 0 amide bonds. The molecule has 9 nitrogen and oxygen atoms in total. The number of hydrogen-bond donors (Lipinski definition) is 1. The average molecular weight is 714 g/mol. The van der Waals surface area contributed by atoms with Gasteiger partial charge in [-0.15, -0.1) is 0 Å². The van der Waals surface area contributed by atoms with Gasteiger partial charge < -0.3 is 24.1 Å². The van der Waals surface area contributed by atoms with Crippen LogP contribution in [0.25, 0.3) is 11.0 Å². The highest BCUT2D eigenvalue weighted by Gasteiger charge is 2.50. The number of piperazine rings is 1. The number of pyridine rings is 1. The molecule has 0 bridgehead atoms. The van der Waals surface area contributed by atoms with Crippen molar-refractivity contribution in [2.45, 2.75) is 64.1 Å². The smallest absolute Gasteiger partial charge is 0.161 e. The highest BCUT2D eigenvalue weighted by molar-refractivity contribution is 5.81. The lowest BCUT2D eigenvalue weighted by Gasteiger charge is -2.58. The Morgan fingerprint density at radius 3 is 2.49 bits per heavy atom. The maximum Gasteiger partial charge on any atom is 0.161 e. The Balaban J connectivity index is 0.943. The zero-order valence-corrected chi connectivity index (χ0v) is 31.4.